The second-order valence-electron chi connectivity index (χ2n) is 4.08. The van der Waals surface area contributed by atoms with Gasteiger partial charge in [-0.15, -0.1) is 12.3 Å². The lowest BCUT2D eigenvalue weighted by atomic mass is 10.1. The van der Waals surface area contributed by atoms with Crippen molar-refractivity contribution in [1.82, 2.24) is 5.32 Å². The molecular formula is C14H17NO3. The molecule has 4 heteroatoms. The van der Waals surface area contributed by atoms with E-state index in [1.807, 2.05) is 18.2 Å². The summed E-state index contributed by atoms with van der Waals surface area (Å²) < 4.78 is 10.9. The Morgan fingerprint density at radius 3 is 2.89 bits per heavy atom. The van der Waals surface area contributed by atoms with Crippen molar-refractivity contribution in [3.8, 4) is 23.8 Å². The molecule has 18 heavy (non-hydrogen) atoms. The molecule has 2 rings (SSSR count). The summed E-state index contributed by atoms with van der Waals surface area (Å²) in [6.45, 7) is 2.30. The molecule has 0 aromatic heterocycles. The zero-order valence-electron chi connectivity index (χ0n) is 10.2. The van der Waals surface area contributed by atoms with Gasteiger partial charge in [0.15, 0.2) is 11.5 Å². The lowest BCUT2D eigenvalue weighted by Gasteiger charge is -2.20. The van der Waals surface area contributed by atoms with Crippen LogP contribution in [0.3, 0.4) is 0 Å². The maximum atomic E-state index is 10.0. The van der Waals surface area contributed by atoms with Gasteiger partial charge < -0.3 is 19.9 Å². The average Bonchev–Trinajstić information content (AvgIpc) is 2.43. The molecular weight excluding hydrogens is 230 g/mol. The summed E-state index contributed by atoms with van der Waals surface area (Å²) in [5.74, 6) is 3.97. The number of nitrogens with one attached hydrogen (secondary N) is 1. The molecule has 0 amide bonds. The predicted molar refractivity (Wildman–Crippen MR) is 68.7 cm³/mol. The molecule has 2 N–H and O–H groups in total. The predicted octanol–water partition coefficient (Wildman–Crippen LogP) is 1.10. The largest absolute Gasteiger partial charge is 0.486 e. The van der Waals surface area contributed by atoms with E-state index in [0.29, 0.717) is 38.5 Å². The SMILES string of the molecule is C#CCCNCC(O)c1ccc2c(c1)OCCO2. The maximum Gasteiger partial charge on any atom is 0.161 e. The van der Waals surface area contributed by atoms with Gasteiger partial charge >= 0.3 is 0 Å². The zero-order chi connectivity index (χ0) is 12.8. The van der Waals surface area contributed by atoms with Crippen LogP contribution in [0.15, 0.2) is 18.2 Å². The van der Waals surface area contributed by atoms with Crippen LogP contribution in [0.1, 0.15) is 18.1 Å². The van der Waals surface area contributed by atoms with E-state index in [1.165, 1.54) is 0 Å². The Bertz CT molecular complexity index is 439. The third-order valence-corrected chi connectivity index (χ3v) is 2.73. The monoisotopic (exact) mass is 247 g/mol. The third-order valence-electron chi connectivity index (χ3n) is 2.73. The van der Waals surface area contributed by atoms with E-state index in [-0.39, 0.29) is 0 Å². The Hall–Kier alpha value is -1.70. The van der Waals surface area contributed by atoms with Gasteiger partial charge in [0.1, 0.15) is 13.2 Å². The van der Waals surface area contributed by atoms with Crippen molar-refractivity contribution in [2.24, 2.45) is 0 Å². The summed E-state index contributed by atoms with van der Waals surface area (Å²) in [7, 11) is 0. The van der Waals surface area contributed by atoms with Gasteiger partial charge in [0.2, 0.25) is 0 Å². The van der Waals surface area contributed by atoms with Crippen LogP contribution < -0.4 is 14.8 Å². The number of benzene rings is 1. The normalized spacial score (nSPS) is 14.9. The Labute approximate surface area is 107 Å². The first kappa shape index (κ1) is 12.7. The van der Waals surface area contributed by atoms with Gasteiger partial charge in [0.25, 0.3) is 0 Å². The average molecular weight is 247 g/mol. The number of aliphatic hydroxyl groups is 1. The van der Waals surface area contributed by atoms with E-state index in [4.69, 9.17) is 15.9 Å². The first-order chi connectivity index (χ1) is 8.81. The molecule has 1 aromatic rings. The summed E-state index contributed by atoms with van der Waals surface area (Å²) >= 11 is 0. The van der Waals surface area contributed by atoms with Crippen LogP contribution in [0, 0.1) is 12.3 Å². The molecule has 1 aliphatic rings. The molecule has 0 spiro atoms. The first-order valence-corrected chi connectivity index (χ1v) is 6.03. The minimum atomic E-state index is -0.571. The first-order valence-electron chi connectivity index (χ1n) is 6.03. The summed E-state index contributed by atoms with van der Waals surface area (Å²) in [5.41, 5.74) is 0.812. The zero-order valence-corrected chi connectivity index (χ0v) is 10.2. The van der Waals surface area contributed by atoms with E-state index in [2.05, 4.69) is 11.2 Å². The van der Waals surface area contributed by atoms with Crippen LogP contribution in [-0.4, -0.2) is 31.4 Å². The molecule has 0 aliphatic carbocycles. The van der Waals surface area contributed by atoms with Crippen molar-refractivity contribution in [3.63, 3.8) is 0 Å². The fourth-order valence-corrected chi connectivity index (χ4v) is 1.78. The third kappa shape index (κ3) is 3.16. The van der Waals surface area contributed by atoms with E-state index >= 15 is 0 Å². The van der Waals surface area contributed by atoms with Crippen LogP contribution in [0.4, 0.5) is 0 Å². The fourth-order valence-electron chi connectivity index (χ4n) is 1.78. The fraction of sp³-hybridized carbons (Fsp3) is 0.429. The smallest absolute Gasteiger partial charge is 0.161 e. The lowest BCUT2D eigenvalue weighted by molar-refractivity contribution is 0.163. The molecule has 0 fully saturated rings. The summed E-state index contributed by atoms with van der Waals surface area (Å²) in [5, 5.41) is 13.1. The molecule has 0 saturated heterocycles. The van der Waals surface area contributed by atoms with Crippen molar-refractivity contribution in [2.75, 3.05) is 26.3 Å². The summed E-state index contributed by atoms with van der Waals surface area (Å²) in [4.78, 5) is 0. The molecule has 0 saturated carbocycles. The van der Waals surface area contributed by atoms with Gasteiger partial charge in [-0.05, 0) is 17.7 Å². The van der Waals surface area contributed by atoms with Crippen LogP contribution >= 0.6 is 0 Å². The van der Waals surface area contributed by atoms with E-state index < -0.39 is 6.10 Å². The van der Waals surface area contributed by atoms with Crippen molar-refractivity contribution in [3.05, 3.63) is 23.8 Å². The van der Waals surface area contributed by atoms with Crippen molar-refractivity contribution < 1.29 is 14.6 Å². The second-order valence-corrected chi connectivity index (χ2v) is 4.08. The van der Waals surface area contributed by atoms with E-state index in [0.717, 1.165) is 11.3 Å². The minimum Gasteiger partial charge on any atom is -0.486 e. The van der Waals surface area contributed by atoms with Gasteiger partial charge in [-0.25, -0.2) is 0 Å². The standard InChI is InChI=1S/C14H17NO3/c1-2-3-6-15-10-12(16)11-4-5-13-14(9-11)18-8-7-17-13/h1,4-5,9,12,15-16H,3,6-8,10H2. The van der Waals surface area contributed by atoms with Crippen LogP contribution in [-0.2, 0) is 0 Å². The quantitative estimate of drug-likeness (QED) is 0.604. The molecule has 0 radical (unpaired) electrons. The van der Waals surface area contributed by atoms with Gasteiger partial charge in [-0.3, -0.25) is 0 Å². The summed E-state index contributed by atoms with van der Waals surface area (Å²) in [6, 6.07) is 5.50. The van der Waals surface area contributed by atoms with Crippen LogP contribution in [0.5, 0.6) is 11.5 Å². The number of rotatable bonds is 5. The van der Waals surface area contributed by atoms with Gasteiger partial charge in [0.05, 0.1) is 6.10 Å². The highest BCUT2D eigenvalue weighted by Crippen LogP contribution is 2.32. The topological polar surface area (TPSA) is 50.7 Å². The van der Waals surface area contributed by atoms with Crippen LogP contribution in [0.2, 0.25) is 0 Å². The van der Waals surface area contributed by atoms with E-state index in [9.17, 15) is 5.11 Å². The lowest BCUT2D eigenvalue weighted by Crippen LogP contribution is -2.22. The molecule has 1 heterocycles. The van der Waals surface area contributed by atoms with Gasteiger partial charge in [-0.2, -0.15) is 0 Å². The highest BCUT2D eigenvalue weighted by Gasteiger charge is 2.14. The molecule has 1 unspecified atom stereocenters. The Balaban J connectivity index is 1.94. The van der Waals surface area contributed by atoms with Crippen LogP contribution in [0.25, 0.3) is 0 Å². The Kier molecular flexibility index (Phi) is 4.46. The maximum absolute atomic E-state index is 10.0. The molecule has 96 valence electrons. The van der Waals surface area contributed by atoms with Crippen molar-refractivity contribution in [1.29, 1.82) is 0 Å². The Morgan fingerprint density at radius 1 is 1.33 bits per heavy atom. The van der Waals surface area contributed by atoms with Crippen molar-refractivity contribution >= 4 is 0 Å². The highest BCUT2D eigenvalue weighted by molar-refractivity contribution is 5.44. The minimum absolute atomic E-state index is 0.474. The molecule has 1 aliphatic heterocycles. The highest BCUT2D eigenvalue weighted by atomic mass is 16.6. The Morgan fingerprint density at radius 2 is 2.11 bits per heavy atom. The number of hydrogen-bond acceptors (Lipinski definition) is 4. The summed E-state index contributed by atoms with van der Waals surface area (Å²) in [6.07, 6.45) is 5.24. The molecule has 1 atom stereocenters. The molecule has 1 aromatic carbocycles. The van der Waals surface area contributed by atoms with Gasteiger partial charge in [-0.1, -0.05) is 6.07 Å². The number of aliphatic hydroxyl groups excluding tert-OH is 1. The van der Waals surface area contributed by atoms with Gasteiger partial charge in [0, 0.05) is 19.5 Å². The van der Waals surface area contributed by atoms with Crippen molar-refractivity contribution in [2.45, 2.75) is 12.5 Å². The molecule has 4 nitrogen and oxygen atoms in total. The molecule has 0 bridgehead atoms. The second kappa shape index (κ2) is 6.29. The number of fused-ring (bicyclic) bond motifs is 1. The van der Waals surface area contributed by atoms with E-state index in [1.54, 1.807) is 0 Å². The number of ether oxygens (including phenoxy) is 2. The number of terminal acetylenes is 1. The number of hydrogen-bond donors (Lipinski definition) is 2.